The van der Waals surface area contributed by atoms with Gasteiger partial charge in [0.2, 0.25) is 0 Å². The molecule has 0 aliphatic carbocycles. The van der Waals surface area contributed by atoms with E-state index >= 15 is 0 Å². The second kappa shape index (κ2) is 4.69. The maximum atomic E-state index is 3.48. The quantitative estimate of drug-likeness (QED) is 0.851. The molecule has 1 saturated heterocycles. The van der Waals surface area contributed by atoms with E-state index in [1.165, 1.54) is 23.5 Å². The van der Waals surface area contributed by atoms with Crippen molar-refractivity contribution in [3.8, 4) is 0 Å². The Labute approximate surface area is 94.3 Å². The van der Waals surface area contributed by atoms with Crippen molar-refractivity contribution in [1.29, 1.82) is 0 Å². The fourth-order valence-corrected chi connectivity index (χ4v) is 4.53. The van der Waals surface area contributed by atoms with E-state index in [1.807, 2.05) is 11.3 Å². The summed E-state index contributed by atoms with van der Waals surface area (Å²) in [4.78, 5) is 1.54. The van der Waals surface area contributed by atoms with E-state index in [4.69, 9.17) is 0 Å². The Morgan fingerprint density at radius 2 is 2.43 bits per heavy atom. The topological polar surface area (TPSA) is 12.0 Å². The van der Waals surface area contributed by atoms with Crippen LogP contribution in [0.1, 0.15) is 22.9 Å². The van der Waals surface area contributed by atoms with Crippen molar-refractivity contribution in [2.75, 3.05) is 18.6 Å². The Balaban J connectivity index is 2.16. The molecule has 1 aromatic heterocycles. The fourth-order valence-electron chi connectivity index (χ4n) is 2.10. The Hall–Kier alpha value is 0.01000. The van der Waals surface area contributed by atoms with Gasteiger partial charge in [0.1, 0.15) is 0 Å². The zero-order chi connectivity index (χ0) is 9.97. The van der Waals surface area contributed by atoms with E-state index in [9.17, 15) is 0 Å². The van der Waals surface area contributed by atoms with Gasteiger partial charge in [-0.2, -0.15) is 11.8 Å². The van der Waals surface area contributed by atoms with Crippen LogP contribution < -0.4 is 5.32 Å². The van der Waals surface area contributed by atoms with Gasteiger partial charge in [-0.15, -0.1) is 11.3 Å². The van der Waals surface area contributed by atoms with Gasteiger partial charge >= 0.3 is 0 Å². The van der Waals surface area contributed by atoms with Gasteiger partial charge in [-0.05, 0) is 54.8 Å². The summed E-state index contributed by atoms with van der Waals surface area (Å²) in [5.74, 6) is 3.50. The van der Waals surface area contributed by atoms with Crippen LogP contribution >= 0.6 is 23.1 Å². The van der Waals surface area contributed by atoms with E-state index in [-0.39, 0.29) is 0 Å². The molecule has 1 nitrogen and oxygen atoms in total. The minimum Gasteiger partial charge on any atom is -0.312 e. The number of rotatable bonds is 3. The van der Waals surface area contributed by atoms with Crippen molar-refractivity contribution in [2.24, 2.45) is 5.92 Å². The number of thioether (sulfide) groups is 1. The van der Waals surface area contributed by atoms with Crippen LogP contribution in [-0.2, 0) is 0 Å². The molecule has 2 rings (SSSR count). The average Bonchev–Trinajstić information content (AvgIpc) is 2.80. The Bertz CT molecular complexity index is 289. The summed E-state index contributed by atoms with van der Waals surface area (Å²) in [5.41, 5.74) is 1.45. The number of thiophene rings is 1. The van der Waals surface area contributed by atoms with E-state index in [1.54, 1.807) is 4.88 Å². The van der Waals surface area contributed by atoms with Crippen LogP contribution in [0.15, 0.2) is 11.4 Å². The highest BCUT2D eigenvalue weighted by atomic mass is 32.2. The predicted molar refractivity (Wildman–Crippen MR) is 66.3 cm³/mol. The van der Waals surface area contributed by atoms with Crippen LogP contribution in [-0.4, -0.2) is 18.6 Å². The third-order valence-electron chi connectivity index (χ3n) is 2.93. The van der Waals surface area contributed by atoms with Crippen LogP contribution in [0.5, 0.6) is 0 Å². The lowest BCUT2D eigenvalue weighted by Gasteiger charge is -2.22. The molecule has 0 radical (unpaired) electrons. The summed E-state index contributed by atoms with van der Waals surface area (Å²) in [6, 6.07) is 2.82. The van der Waals surface area contributed by atoms with Gasteiger partial charge in [0, 0.05) is 10.9 Å². The van der Waals surface area contributed by atoms with Crippen molar-refractivity contribution < 1.29 is 0 Å². The highest BCUT2D eigenvalue weighted by Gasteiger charge is 2.27. The molecule has 1 aliphatic rings. The van der Waals surface area contributed by atoms with Gasteiger partial charge < -0.3 is 5.32 Å². The molecule has 1 fully saturated rings. The van der Waals surface area contributed by atoms with E-state index < -0.39 is 0 Å². The number of hydrogen-bond acceptors (Lipinski definition) is 3. The minimum atomic E-state index is 0.588. The molecule has 14 heavy (non-hydrogen) atoms. The standard InChI is InChI=1S/C11H17NS2/c1-8-3-6-14-11(8)10(12-2)9-4-5-13-7-9/h3,6,9-10,12H,4-5,7H2,1-2H3. The molecule has 78 valence electrons. The molecular formula is C11H17NS2. The predicted octanol–water partition coefficient (Wildman–Crippen LogP) is 3.07. The number of nitrogens with one attached hydrogen (secondary N) is 1. The van der Waals surface area contributed by atoms with Gasteiger partial charge in [0.25, 0.3) is 0 Å². The fraction of sp³-hybridized carbons (Fsp3) is 0.636. The molecular weight excluding hydrogens is 210 g/mol. The molecule has 2 atom stereocenters. The first kappa shape index (κ1) is 10.5. The van der Waals surface area contributed by atoms with E-state index in [0.29, 0.717) is 6.04 Å². The molecule has 3 heteroatoms. The third-order valence-corrected chi connectivity index (χ3v) is 5.22. The average molecular weight is 227 g/mol. The normalized spacial score (nSPS) is 24.0. The van der Waals surface area contributed by atoms with Gasteiger partial charge in [-0.3, -0.25) is 0 Å². The van der Waals surface area contributed by atoms with Crippen molar-refractivity contribution >= 4 is 23.1 Å². The first-order chi connectivity index (χ1) is 6.83. The summed E-state index contributed by atoms with van der Waals surface area (Å²) in [6.07, 6.45) is 1.37. The second-order valence-electron chi connectivity index (χ2n) is 3.86. The lowest BCUT2D eigenvalue weighted by molar-refractivity contribution is 0.424. The molecule has 0 aromatic carbocycles. The maximum absolute atomic E-state index is 3.48. The van der Waals surface area contributed by atoms with Crippen LogP contribution in [0.4, 0.5) is 0 Å². The molecule has 0 amide bonds. The van der Waals surface area contributed by atoms with Gasteiger partial charge in [0.05, 0.1) is 0 Å². The molecule has 1 aliphatic heterocycles. The van der Waals surface area contributed by atoms with Gasteiger partial charge in [0.15, 0.2) is 0 Å². The number of aryl methyl sites for hydroxylation is 1. The summed E-state index contributed by atoms with van der Waals surface area (Å²) in [6.45, 7) is 2.22. The zero-order valence-corrected chi connectivity index (χ0v) is 10.4. The second-order valence-corrected chi connectivity index (χ2v) is 5.96. The lowest BCUT2D eigenvalue weighted by Crippen LogP contribution is -2.24. The van der Waals surface area contributed by atoms with E-state index in [0.717, 1.165) is 5.92 Å². The summed E-state index contributed by atoms with van der Waals surface area (Å²) in [7, 11) is 2.09. The van der Waals surface area contributed by atoms with Crippen LogP contribution in [0.25, 0.3) is 0 Å². The summed E-state index contributed by atoms with van der Waals surface area (Å²) in [5, 5.41) is 5.69. The van der Waals surface area contributed by atoms with Gasteiger partial charge in [-0.1, -0.05) is 0 Å². The first-order valence-corrected chi connectivity index (χ1v) is 7.15. The highest BCUT2D eigenvalue weighted by Crippen LogP contribution is 2.37. The maximum Gasteiger partial charge on any atom is 0.0451 e. The molecule has 0 bridgehead atoms. The van der Waals surface area contributed by atoms with Crippen molar-refractivity contribution in [3.63, 3.8) is 0 Å². The van der Waals surface area contributed by atoms with Crippen LogP contribution in [0.3, 0.4) is 0 Å². The van der Waals surface area contributed by atoms with Crippen LogP contribution in [0, 0.1) is 12.8 Å². The van der Waals surface area contributed by atoms with Crippen molar-refractivity contribution in [3.05, 3.63) is 21.9 Å². The molecule has 1 aromatic rings. The minimum absolute atomic E-state index is 0.588. The molecule has 2 heterocycles. The molecule has 1 N–H and O–H groups in total. The molecule has 0 saturated carbocycles. The molecule has 2 unspecified atom stereocenters. The number of hydrogen-bond donors (Lipinski definition) is 1. The monoisotopic (exact) mass is 227 g/mol. The molecule has 0 spiro atoms. The summed E-state index contributed by atoms with van der Waals surface area (Å²) < 4.78 is 0. The Morgan fingerprint density at radius 3 is 2.93 bits per heavy atom. The zero-order valence-electron chi connectivity index (χ0n) is 8.75. The van der Waals surface area contributed by atoms with Crippen LogP contribution in [0.2, 0.25) is 0 Å². The van der Waals surface area contributed by atoms with Crippen molar-refractivity contribution in [1.82, 2.24) is 5.32 Å². The van der Waals surface area contributed by atoms with Gasteiger partial charge in [-0.25, -0.2) is 0 Å². The Morgan fingerprint density at radius 1 is 1.57 bits per heavy atom. The smallest absolute Gasteiger partial charge is 0.0451 e. The largest absolute Gasteiger partial charge is 0.312 e. The third kappa shape index (κ3) is 2.00. The Kier molecular flexibility index (Phi) is 3.52. The SMILES string of the molecule is CNC(c1sccc1C)C1CCSC1. The lowest BCUT2D eigenvalue weighted by atomic mass is 9.96. The highest BCUT2D eigenvalue weighted by molar-refractivity contribution is 7.99. The van der Waals surface area contributed by atoms with Crippen molar-refractivity contribution in [2.45, 2.75) is 19.4 Å². The first-order valence-electron chi connectivity index (χ1n) is 5.12. The summed E-state index contributed by atoms with van der Waals surface area (Å²) >= 11 is 3.99. The van der Waals surface area contributed by atoms with E-state index in [2.05, 4.69) is 42.5 Å².